The molecule has 0 aromatic heterocycles. The van der Waals surface area contributed by atoms with E-state index in [1.165, 1.54) is 19.2 Å². The zero-order valence-corrected chi connectivity index (χ0v) is 8.19. The molecule has 0 bridgehead atoms. The largest absolute Gasteiger partial charge is 0.497 e. The molecule has 0 spiro atoms. The minimum Gasteiger partial charge on any atom is -0.497 e. The number of aliphatic carboxylic acids is 1. The van der Waals surface area contributed by atoms with E-state index in [-0.39, 0.29) is 5.56 Å². The van der Waals surface area contributed by atoms with Crippen LogP contribution in [0.15, 0.2) is 36.4 Å². The lowest BCUT2D eigenvalue weighted by Crippen LogP contribution is -2.11. The molecule has 15 heavy (non-hydrogen) atoms. The first-order valence-corrected chi connectivity index (χ1v) is 4.17. The molecule has 0 aliphatic heterocycles. The highest BCUT2D eigenvalue weighted by Gasteiger charge is 2.16. The Morgan fingerprint density at radius 2 is 1.80 bits per heavy atom. The number of carbonyl (C=O) groups excluding carboxylic acids is 1. The quantitative estimate of drug-likeness (QED) is 0.351. The van der Waals surface area contributed by atoms with Crippen molar-refractivity contribution in [1.29, 1.82) is 0 Å². The average Bonchev–Trinajstić information content (AvgIpc) is 2.27. The number of methoxy groups -OCH3 is 1. The lowest BCUT2D eigenvalue weighted by molar-refractivity contribution is -0.132. The van der Waals surface area contributed by atoms with Gasteiger partial charge in [0.1, 0.15) is 11.3 Å². The molecule has 0 aliphatic rings. The van der Waals surface area contributed by atoms with Gasteiger partial charge in [-0.05, 0) is 24.3 Å². The summed E-state index contributed by atoms with van der Waals surface area (Å²) in [6.45, 7) is 3.19. The monoisotopic (exact) mass is 206 g/mol. The number of carboxylic acids is 1. The average molecular weight is 206 g/mol. The summed E-state index contributed by atoms with van der Waals surface area (Å²) in [6, 6.07) is 6.16. The van der Waals surface area contributed by atoms with E-state index in [4.69, 9.17) is 9.84 Å². The van der Waals surface area contributed by atoms with Gasteiger partial charge in [0.25, 0.3) is 0 Å². The van der Waals surface area contributed by atoms with E-state index in [1.807, 2.05) is 0 Å². The van der Waals surface area contributed by atoms with Crippen molar-refractivity contribution in [2.45, 2.75) is 0 Å². The highest BCUT2D eigenvalue weighted by molar-refractivity contribution is 6.23. The van der Waals surface area contributed by atoms with Crippen molar-refractivity contribution in [2.75, 3.05) is 7.11 Å². The first-order chi connectivity index (χ1) is 7.06. The predicted octanol–water partition coefficient (Wildman–Crippen LogP) is 1.52. The van der Waals surface area contributed by atoms with Gasteiger partial charge >= 0.3 is 5.97 Å². The van der Waals surface area contributed by atoms with Gasteiger partial charge in [0.05, 0.1) is 7.11 Å². The van der Waals surface area contributed by atoms with E-state index < -0.39 is 17.3 Å². The molecule has 4 nitrogen and oxygen atoms in total. The highest BCUT2D eigenvalue weighted by atomic mass is 16.5. The molecule has 78 valence electrons. The summed E-state index contributed by atoms with van der Waals surface area (Å²) in [5.74, 6) is -1.30. The molecular formula is C11H10O4. The van der Waals surface area contributed by atoms with E-state index in [0.717, 1.165) is 0 Å². The molecule has 1 aromatic carbocycles. The molecule has 4 heteroatoms. The second-order valence-electron chi connectivity index (χ2n) is 2.84. The Hall–Kier alpha value is -2.10. The van der Waals surface area contributed by atoms with Crippen LogP contribution < -0.4 is 4.74 Å². The summed E-state index contributed by atoms with van der Waals surface area (Å²) in [7, 11) is 1.51. The van der Waals surface area contributed by atoms with Crippen LogP contribution in [0.5, 0.6) is 5.75 Å². The molecule has 0 atom stereocenters. The Balaban J connectivity index is 2.92. The number of carboxylic acid groups (broad SMARTS) is 1. The Morgan fingerprint density at radius 1 is 1.27 bits per heavy atom. The van der Waals surface area contributed by atoms with Crippen molar-refractivity contribution in [3.8, 4) is 5.75 Å². The number of benzene rings is 1. The second-order valence-corrected chi connectivity index (χ2v) is 2.84. The molecule has 0 unspecified atom stereocenters. The van der Waals surface area contributed by atoms with Gasteiger partial charge in [-0.2, -0.15) is 0 Å². The fourth-order valence-electron chi connectivity index (χ4n) is 1.01. The maximum Gasteiger partial charge on any atom is 0.339 e. The normalized spacial score (nSPS) is 9.40. The third kappa shape index (κ3) is 2.43. The van der Waals surface area contributed by atoms with Gasteiger partial charge < -0.3 is 9.84 Å². The van der Waals surface area contributed by atoms with E-state index >= 15 is 0 Å². The van der Waals surface area contributed by atoms with Crippen LogP contribution in [0.3, 0.4) is 0 Å². The van der Waals surface area contributed by atoms with Crippen molar-refractivity contribution in [3.63, 3.8) is 0 Å². The van der Waals surface area contributed by atoms with Crippen molar-refractivity contribution in [1.82, 2.24) is 0 Å². The fourth-order valence-corrected chi connectivity index (χ4v) is 1.01. The summed E-state index contributed by atoms with van der Waals surface area (Å²) < 4.78 is 4.91. The van der Waals surface area contributed by atoms with Crippen LogP contribution in [-0.4, -0.2) is 24.0 Å². The molecule has 0 radical (unpaired) electrons. The van der Waals surface area contributed by atoms with E-state index in [0.29, 0.717) is 5.75 Å². The molecule has 1 aromatic rings. The molecule has 0 saturated heterocycles. The van der Waals surface area contributed by atoms with Crippen LogP contribution in [0, 0.1) is 0 Å². The number of Topliss-reactive ketones (excluding diaryl/α,β-unsaturated/α-hetero) is 1. The zero-order chi connectivity index (χ0) is 11.4. The summed E-state index contributed by atoms with van der Waals surface area (Å²) >= 11 is 0. The van der Waals surface area contributed by atoms with E-state index in [9.17, 15) is 9.59 Å². The lowest BCUT2D eigenvalue weighted by Gasteiger charge is -2.02. The van der Waals surface area contributed by atoms with Crippen LogP contribution in [-0.2, 0) is 4.79 Å². The number of hydrogen-bond acceptors (Lipinski definition) is 3. The van der Waals surface area contributed by atoms with Crippen molar-refractivity contribution >= 4 is 11.8 Å². The van der Waals surface area contributed by atoms with Crippen LogP contribution in [0.1, 0.15) is 10.4 Å². The molecule has 0 saturated carbocycles. The van der Waals surface area contributed by atoms with E-state index in [1.54, 1.807) is 12.1 Å². The topological polar surface area (TPSA) is 63.6 Å². The lowest BCUT2D eigenvalue weighted by atomic mass is 10.1. The molecule has 0 aliphatic carbocycles. The molecule has 1 rings (SSSR count). The Bertz CT molecular complexity index is 403. The molecule has 0 amide bonds. The summed E-state index contributed by atoms with van der Waals surface area (Å²) in [5.41, 5.74) is -0.164. The third-order valence-electron chi connectivity index (χ3n) is 1.88. The number of hydrogen-bond donors (Lipinski definition) is 1. The van der Waals surface area contributed by atoms with Gasteiger partial charge in [-0.15, -0.1) is 0 Å². The van der Waals surface area contributed by atoms with Crippen molar-refractivity contribution in [3.05, 3.63) is 42.0 Å². The standard InChI is InChI=1S/C11H10O4/c1-7(11(13)14)10(12)8-3-5-9(15-2)6-4-8/h3-6H,1H2,2H3,(H,13,14). The van der Waals surface area contributed by atoms with Gasteiger partial charge in [-0.25, -0.2) is 4.79 Å². The Labute approximate surface area is 86.8 Å². The van der Waals surface area contributed by atoms with Crippen molar-refractivity contribution < 1.29 is 19.4 Å². The minimum atomic E-state index is -1.31. The molecule has 1 N–H and O–H groups in total. The number of ether oxygens (including phenoxy) is 1. The first kappa shape index (κ1) is 11.0. The van der Waals surface area contributed by atoms with Crippen molar-refractivity contribution in [2.24, 2.45) is 0 Å². The maximum atomic E-state index is 11.5. The second kappa shape index (κ2) is 4.41. The van der Waals surface area contributed by atoms with Crippen LogP contribution >= 0.6 is 0 Å². The fraction of sp³-hybridized carbons (Fsp3) is 0.0909. The molecule has 0 heterocycles. The first-order valence-electron chi connectivity index (χ1n) is 4.17. The van der Waals surface area contributed by atoms with Gasteiger partial charge in [0.2, 0.25) is 0 Å². The van der Waals surface area contributed by atoms with Gasteiger partial charge in [-0.1, -0.05) is 6.58 Å². The number of carbonyl (C=O) groups is 2. The predicted molar refractivity (Wildman–Crippen MR) is 54.1 cm³/mol. The maximum absolute atomic E-state index is 11.5. The molecular weight excluding hydrogens is 196 g/mol. The van der Waals surface area contributed by atoms with Gasteiger partial charge in [0.15, 0.2) is 5.78 Å². The molecule has 0 fully saturated rings. The highest BCUT2D eigenvalue weighted by Crippen LogP contribution is 2.13. The summed E-state index contributed by atoms with van der Waals surface area (Å²) in [5, 5.41) is 8.57. The minimum absolute atomic E-state index is 0.281. The summed E-state index contributed by atoms with van der Waals surface area (Å²) in [4.78, 5) is 22.0. The van der Waals surface area contributed by atoms with Crippen LogP contribution in [0.4, 0.5) is 0 Å². The Kier molecular flexibility index (Phi) is 3.23. The van der Waals surface area contributed by atoms with Gasteiger partial charge in [0, 0.05) is 5.56 Å². The van der Waals surface area contributed by atoms with E-state index in [2.05, 4.69) is 6.58 Å². The van der Waals surface area contributed by atoms with Crippen LogP contribution in [0.25, 0.3) is 0 Å². The number of ketones is 1. The van der Waals surface area contributed by atoms with Crippen LogP contribution in [0.2, 0.25) is 0 Å². The van der Waals surface area contributed by atoms with Gasteiger partial charge in [-0.3, -0.25) is 4.79 Å². The summed E-state index contributed by atoms with van der Waals surface area (Å²) in [6.07, 6.45) is 0. The number of rotatable bonds is 4. The third-order valence-corrected chi connectivity index (χ3v) is 1.88. The zero-order valence-electron chi connectivity index (χ0n) is 8.19. The Morgan fingerprint density at radius 3 is 2.20 bits per heavy atom. The SMILES string of the molecule is C=C(C(=O)O)C(=O)c1ccc(OC)cc1. The smallest absolute Gasteiger partial charge is 0.339 e.